The van der Waals surface area contributed by atoms with Gasteiger partial charge in [-0.2, -0.15) is 0 Å². The first-order valence-corrected chi connectivity index (χ1v) is 14.3. The number of rotatable bonds is 11. The Bertz CT molecular complexity index is 1350. The number of urea groups is 1. The number of aliphatic hydroxyl groups excluding tert-OH is 5. The normalized spacial score (nSPS) is 30.7. The number of nitrogens with one attached hydrogen (secondary N) is 2. The predicted octanol–water partition coefficient (Wildman–Crippen LogP) is -2.01. The smallest absolute Gasteiger partial charge is 0.330 e. The van der Waals surface area contributed by atoms with Crippen molar-refractivity contribution in [2.24, 2.45) is 0 Å². The number of hydrogen-bond acceptors (Lipinski definition) is 15. The monoisotopic (exact) mass is 642 g/mol. The number of amides is 2. The van der Waals surface area contributed by atoms with Gasteiger partial charge in [-0.05, 0) is 27.2 Å². The first-order valence-electron chi connectivity index (χ1n) is 14.3. The van der Waals surface area contributed by atoms with E-state index in [9.17, 15) is 45.0 Å². The summed E-state index contributed by atoms with van der Waals surface area (Å²) in [5.74, 6) is -2.36. The molecule has 2 aliphatic heterocycles. The number of esters is 1. The fraction of sp³-hybridized carbons (Fsp3) is 0.692. The first kappa shape index (κ1) is 34.3. The van der Waals surface area contributed by atoms with Crippen LogP contribution in [0.4, 0.5) is 10.6 Å². The lowest BCUT2D eigenvalue weighted by Crippen LogP contribution is -2.50. The highest BCUT2D eigenvalue weighted by Gasteiger charge is 2.40. The molecule has 19 heteroatoms. The minimum Gasteiger partial charge on any atom is -0.480 e. The van der Waals surface area contributed by atoms with Gasteiger partial charge in [-0.25, -0.2) is 24.5 Å². The van der Waals surface area contributed by atoms with E-state index >= 15 is 0 Å². The van der Waals surface area contributed by atoms with E-state index in [4.69, 9.17) is 18.9 Å². The Morgan fingerprint density at radius 3 is 2.51 bits per heavy atom. The summed E-state index contributed by atoms with van der Waals surface area (Å²) in [5.41, 5.74) is 0.142. The third kappa shape index (κ3) is 8.19. The standard InChI is InChI=1S/C26H38N6O13/c1-10(43-25-14(34)6-13(33)11(2)45-25)4-5-16(36)44-12(3)17(24(39)40)30-26(41)31-21-18-22(28-8-27-21)32(9-29-18)23-20(38)19(37)15(35)7-42-23/h8-15,17,19-20,23,25,33-35,37-38H,4-7H2,1-3H3,(H,39,40)(H2,27,28,30,31,41)/t10?,11-,12-,13+,14-,15-,17+,19+,20-,23-,25+/m1/s1. The van der Waals surface area contributed by atoms with Gasteiger partial charge < -0.3 is 54.9 Å². The quantitative estimate of drug-likeness (QED) is 0.123. The number of ether oxygens (including phenoxy) is 4. The van der Waals surface area contributed by atoms with Crippen molar-refractivity contribution in [1.29, 1.82) is 0 Å². The maximum Gasteiger partial charge on any atom is 0.330 e. The number of aromatic nitrogens is 4. The number of anilines is 1. The van der Waals surface area contributed by atoms with Crippen LogP contribution in [0.15, 0.2) is 12.7 Å². The van der Waals surface area contributed by atoms with Crippen LogP contribution in [0.3, 0.4) is 0 Å². The maximum absolute atomic E-state index is 12.8. The zero-order valence-electron chi connectivity index (χ0n) is 24.7. The van der Waals surface area contributed by atoms with Crippen LogP contribution in [0.1, 0.15) is 46.3 Å². The number of carboxylic acid groups (broad SMARTS) is 1. The molecule has 11 atom stereocenters. The van der Waals surface area contributed by atoms with Crippen LogP contribution >= 0.6 is 0 Å². The lowest BCUT2D eigenvalue weighted by Gasteiger charge is -2.36. The van der Waals surface area contributed by atoms with Gasteiger partial charge in [0.2, 0.25) is 0 Å². The minimum absolute atomic E-state index is 0.0449. The Morgan fingerprint density at radius 1 is 1.07 bits per heavy atom. The lowest BCUT2D eigenvalue weighted by atomic mass is 10.0. The Labute approximate surface area is 256 Å². The Hall–Kier alpha value is -3.56. The summed E-state index contributed by atoms with van der Waals surface area (Å²) in [6, 6.07) is -2.67. The van der Waals surface area contributed by atoms with Crippen LogP contribution in [-0.2, 0) is 28.5 Å². The molecule has 0 saturated carbocycles. The molecule has 2 amide bonds. The highest BCUT2D eigenvalue weighted by atomic mass is 16.7. The van der Waals surface area contributed by atoms with Crippen molar-refractivity contribution in [3.8, 4) is 0 Å². The van der Waals surface area contributed by atoms with Crippen LogP contribution in [0.2, 0.25) is 0 Å². The van der Waals surface area contributed by atoms with Gasteiger partial charge >= 0.3 is 18.0 Å². The van der Waals surface area contributed by atoms with E-state index < -0.39 is 85.4 Å². The summed E-state index contributed by atoms with van der Waals surface area (Å²) in [6.45, 7) is 4.32. The zero-order chi connectivity index (χ0) is 33.0. The molecule has 0 aliphatic carbocycles. The molecule has 2 saturated heterocycles. The summed E-state index contributed by atoms with van der Waals surface area (Å²) in [4.78, 5) is 49.3. The third-order valence-corrected chi connectivity index (χ3v) is 7.49. The fourth-order valence-electron chi connectivity index (χ4n) is 4.85. The number of aliphatic hydroxyl groups is 5. The van der Waals surface area contributed by atoms with Gasteiger partial charge in [0.1, 0.15) is 36.8 Å². The molecular weight excluding hydrogens is 604 g/mol. The third-order valence-electron chi connectivity index (χ3n) is 7.49. The van der Waals surface area contributed by atoms with Gasteiger partial charge in [0, 0.05) is 12.8 Å². The van der Waals surface area contributed by atoms with E-state index in [1.165, 1.54) is 17.8 Å². The molecule has 2 aromatic rings. The molecule has 1 unspecified atom stereocenters. The average Bonchev–Trinajstić information content (AvgIpc) is 3.41. The summed E-state index contributed by atoms with van der Waals surface area (Å²) in [5, 5.41) is 64.2. The van der Waals surface area contributed by atoms with E-state index in [0.717, 1.165) is 6.33 Å². The van der Waals surface area contributed by atoms with Crippen molar-refractivity contribution in [2.45, 2.75) is 107 Å². The van der Waals surface area contributed by atoms with Gasteiger partial charge in [0.05, 0.1) is 31.2 Å². The number of carbonyl (C=O) groups is 3. The number of carboxylic acids is 1. The Morgan fingerprint density at radius 2 is 1.80 bits per heavy atom. The molecule has 0 radical (unpaired) electrons. The van der Waals surface area contributed by atoms with Gasteiger partial charge in [0.25, 0.3) is 0 Å². The minimum atomic E-state index is -1.66. The number of fused-ring (bicyclic) bond motifs is 1. The van der Waals surface area contributed by atoms with Crippen molar-refractivity contribution >= 4 is 35.0 Å². The van der Waals surface area contributed by atoms with Gasteiger partial charge in [-0.15, -0.1) is 0 Å². The molecule has 250 valence electrons. The molecule has 0 spiro atoms. The number of carbonyl (C=O) groups excluding carboxylic acids is 2. The molecule has 19 nitrogen and oxygen atoms in total. The first-order chi connectivity index (χ1) is 21.3. The average molecular weight is 643 g/mol. The Balaban J connectivity index is 1.31. The maximum atomic E-state index is 12.8. The van der Waals surface area contributed by atoms with E-state index in [1.54, 1.807) is 13.8 Å². The molecule has 8 N–H and O–H groups in total. The number of nitrogens with zero attached hydrogens (tertiary/aromatic N) is 4. The van der Waals surface area contributed by atoms with Gasteiger partial charge in [-0.3, -0.25) is 14.7 Å². The SMILES string of the molecule is CC(CCC(=O)O[C@H](C)[C@H](NC(=O)Nc1ncnc2c1ncn2[C@@H]1OC[C@@H](O)[C@H](O)[C@H]1O)C(=O)O)O[C@H]1O[C@H](C)[C@@H](O)C[C@H]1O. The summed E-state index contributed by atoms with van der Waals surface area (Å²) < 4.78 is 23.0. The van der Waals surface area contributed by atoms with Crippen LogP contribution in [0.5, 0.6) is 0 Å². The lowest BCUT2D eigenvalue weighted by molar-refractivity contribution is -0.273. The van der Waals surface area contributed by atoms with Gasteiger partial charge in [-0.1, -0.05) is 0 Å². The van der Waals surface area contributed by atoms with Crippen molar-refractivity contribution < 1.29 is 64.0 Å². The molecule has 45 heavy (non-hydrogen) atoms. The summed E-state index contributed by atoms with van der Waals surface area (Å²) >= 11 is 0. The molecule has 2 aliphatic rings. The van der Waals surface area contributed by atoms with E-state index in [2.05, 4.69) is 25.6 Å². The van der Waals surface area contributed by atoms with E-state index in [-0.39, 0.29) is 42.9 Å². The topological polar surface area (TPSA) is 277 Å². The summed E-state index contributed by atoms with van der Waals surface area (Å²) in [6.07, 6.45) is -8.32. The highest BCUT2D eigenvalue weighted by molar-refractivity contribution is 5.97. The summed E-state index contributed by atoms with van der Waals surface area (Å²) in [7, 11) is 0. The van der Waals surface area contributed by atoms with Crippen LogP contribution in [0.25, 0.3) is 11.2 Å². The fourth-order valence-corrected chi connectivity index (χ4v) is 4.85. The van der Waals surface area contributed by atoms with Crippen LogP contribution in [-0.4, -0.2) is 136 Å². The second-order valence-corrected chi connectivity index (χ2v) is 11.0. The number of aliphatic carboxylic acids is 1. The van der Waals surface area contributed by atoms with Crippen molar-refractivity contribution in [1.82, 2.24) is 24.8 Å². The van der Waals surface area contributed by atoms with Crippen LogP contribution < -0.4 is 10.6 Å². The number of imidazole rings is 1. The molecule has 0 aromatic carbocycles. The van der Waals surface area contributed by atoms with Crippen LogP contribution in [0, 0.1) is 0 Å². The largest absolute Gasteiger partial charge is 0.480 e. The van der Waals surface area contributed by atoms with Crippen molar-refractivity contribution in [2.75, 3.05) is 11.9 Å². The van der Waals surface area contributed by atoms with Crippen molar-refractivity contribution in [3.05, 3.63) is 12.7 Å². The molecule has 0 bridgehead atoms. The molecular formula is C26H38N6O13. The van der Waals surface area contributed by atoms with E-state index in [0.29, 0.717) is 0 Å². The molecule has 2 fully saturated rings. The van der Waals surface area contributed by atoms with Gasteiger partial charge in [0.15, 0.2) is 35.5 Å². The second-order valence-electron chi connectivity index (χ2n) is 11.0. The van der Waals surface area contributed by atoms with Crippen molar-refractivity contribution in [3.63, 3.8) is 0 Å². The van der Waals surface area contributed by atoms with E-state index in [1.807, 2.05) is 0 Å². The second kappa shape index (κ2) is 14.7. The Kier molecular flexibility index (Phi) is 11.2. The zero-order valence-corrected chi connectivity index (χ0v) is 24.7. The highest BCUT2D eigenvalue weighted by Crippen LogP contribution is 2.28. The molecule has 4 rings (SSSR count). The molecule has 2 aromatic heterocycles. The number of hydrogen-bond donors (Lipinski definition) is 8. The predicted molar refractivity (Wildman–Crippen MR) is 148 cm³/mol. The molecule has 4 heterocycles.